The van der Waals surface area contributed by atoms with Gasteiger partial charge in [0.05, 0.1) is 0 Å². The fourth-order valence-corrected chi connectivity index (χ4v) is 2.86. The van der Waals surface area contributed by atoms with Gasteiger partial charge in [0, 0.05) is 17.8 Å². The fourth-order valence-electron chi connectivity index (χ4n) is 2.86. The second kappa shape index (κ2) is 4.01. The smallest absolute Gasteiger partial charge is 0.244 e. The van der Waals surface area contributed by atoms with Gasteiger partial charge in [0.15, 0.2) is 0 Å². The van der Waals surface area contributed by atoms with Crippen molar-refractivity contribution in [2.45, 2.75) is 24.9 Å². The Morgan fingerprint density at radius 1 is 1.39 bits per heavy atom. The van der Waals surface area contributed by atoms with Gasteiger partial charge in [-0.05, 0) is 18.9 Å². The summed E-state index contributed by atoms with van der Waals surface area (Å²) in [4.78, 5) is 25.7. The topological polar surface area (TPSA) is 75.4 Å². The third-order valence-corrected chi connectivity index (χ3v) is 3.68. The zero-order chi connectivity index (χ0) is 12.7. The highest BCUT2D eigenvalue weighted by atomic mass is 16.2. The second-order valence-electron chi connectivity index (χ2n) is 4.75. The quantitative estimate of drug-likeness (QED) is 0.747. The second-order valence-corrected chi connectivity index (χ2v) is 4.75. The molecule has 5 heteroatoms. The summed E-state index contributed by atoms with van der Waals surface area (Å²) >= 11 is 0. The first kappa shape index (κ1) is 11.1. The summed E-state index contributed by atoms with van der Waals surface area (Å²) in [5, 5.41) is 2.75. The Bertz CT molecular complexity index is 515. The number of anilines is 1. The summed E-state index contributed by atoms with van der Waals surface area (Å²) in [5.41, 5.74) is 7.13. The molecule has 0 unspecified atom stereocenters. The lowest BCUT2D eigenvalue weighted by atomic mass is 10.0. The van der Waals surface area contributed by atoms with Gasteiger partial charge in [0.2, 0.25) is 11.8 Å². The summed E-state index contributed by atoms with van der Waals surface area (Å²) in [6, 6.07) is 6.68. The minimum Gasteiger partial charge on any atom is -0.368 e. The van der Waals surface area contributed by atoms with Crippen molar-refractivity contribution in [2.24, 2.45) is 5.73 Å². The molecule has 3 rings (SSSR count). The number of nitrogens with one attached hydrogen (secondary N) is 1. The van der Waals surface area contributed by atoms with Crippen LogP contribution >= 0.6 is 0 Å². The van der Waals surface area contributed by atoms with Crippen LogP contribution in [0.3, 0.4) is 0 Å². The summed E-state index contributed by atoms with van der Waals surface area (Å²) in [6.07, 6.45) is 1.82. The molecule has 94 valence electrons. The van der Waals surface area contributed by atoms with Gasteiger partial charge in [-0.15, -0.1) is 0 Å². The molecule has 0 aromatic heterocycles. The third kappa shape index (κ3) is 1.54. The summed E-state index contributed by atoms with van der Waals surface area (Å²) in [5.74, 6) is -0.621. The summed E-state index contributed by atoms with van der Waals surface area (Å²) in [7, 11) is 0. The monoisotopic (exact) mass is 245 g/mol. The van der Waals surface area contributed by atoms with Crippen molar-refractivity contribution >= 4 is 17.5 Å². The van der Waals surface area contributed by atoms with Crippen LogP contribution in [0, 0.1) is 0 Å². The van der Waals surface area contributed by atoms with Crippen LogP contribution in [0.25, 0.3) is 0 Å². The van der Waals surface area contributed by atoms with Crippen molar-refractivity contribution in [3.05, 3.63) is 29.8 Å². The lowest BCUT2D eigenvalue weighted by Crippen LogP contribution is -2.43. The van der Waals surface area contributed by atoms with E-state index < -0.39 is 11.9 Å². The molecular formula is C13H15N3O2. The van der Waals surface area contributed by atoms with Crippen LogP contribution in [0.15, 0.2) is 24.3 Å². The highest BCUT2D eigenvalue weighted by molar-refractivity contribution is 5.95. The van der Waals surface area contributed by atoms with E-state index in [1.807, 2.05) is 24.3 Å². The number of nitrogens with zero attached hydrogens (tertiary/aromatic N) is 1. The van der Waals surface area contributed by atoms with Crippen molar-refractivity contribution in [1.29, 1.82) is 0 Å². The van der Waals surface area contributed by atoms with Crippen molar-refractivity contribution < 1.29 is 9.59 Å². The maximum absolute atomic E-state index is 12.1. The Labute approximate surface area is 105 Å². The number of nitrogens with two attached hydrogens (primary N) is 1. The van der Waals surface area contributed by atoms with E-state index in [9.17, 15) is 9.59 Å². The number of carbonyl (C=O) groups is 2. The van der Waals surface area contributed by atoms with E-state index in [-0.39, 0.29) is 11.9 Å². The van der Waals surface area contributed by atoms with E-state index in [1.54, 1.807) is 0 Å². The highest BCUT2D eigenvalue weighted by Crippen LogP contribution is 2.34. The van der Waals surface area contributed by atoms with E-state index in [2.05, 4.69) is 10.2 Å². The lowest BCUT2D eigenvalue weighted by molar-refractivity contribution is -0.127. The molecule has 2 aliphatic rings. The van der Waals surface area contributed by atoms with E-state index in [0.717, 1.165) is 30.6 Å². The van der Waals surface area contributed by atoms with Crippen LogP contribution in [-0.2, 0) is 9.59 Å². The molecule has 0 saturated carbocycles. The number of primary amides is 1. The molecule has 0 aliphatic carbocycles. The molecule has 1 aromatic rings. The van der Waals surface area contributed by atoms with Crippen LogP contribution in [-0.4, -0.2) is 24.4 Å². The van der Waals surface area contributed by atoms with Crippen molar-refractivity contribution in [2.75, 3.05) is 11.4 Å². The van der Waals surface area contributed by atoms with E-state index >= 15 is 0 Å². The molecule has 0 spiro atoms. The van der Waals surface area contributed by atoms with Gasteiger partial charge < -0.3 is 16.0 Å². The van der Waals surface area contributed by atoms with Gasteiger partial charge in [-0.3, -0.25) is 9.59 Å². The summed E-state index contributed by atoms with van der Waals surface area (Å²) < 4.78 is 0. The predicted octanol–water partition coefficient (Wildman–Crippen LogP) is 0.312. The van der Waals surface area contributed by atoms with Crippen LogP contribution in [0.5, 0.6) is 0 Å². The molecule has 5 nitrogen and oxygen atoms in total. The van der Waals surface area contributed by atoms with Gasteiger partial charge >= 0.3 is 0 Å². The molecule has 0 radical (unpaired) electrons. The maximum atomic E-state index is 12.1. The third-order valence-electron chi connectivity index (χ3n) is 3.68. The first-order valence-electron chi connectivity index (χ1n) is 6.14. The molecule has 1 aromatic carbocycles. The molecule has 0 bridgehead atoms. The van der Waals surface area contributed by atoms with Gasteiger partial charge in [-0.25, -0.2) is 0 Å². The SMILES string of the molecule is NC(=O)[C@H]1NC(=O)[C@@H]2CCCN2c2ccccc21. The minimum absolute atomic E-state index is 0.104. The average Bonchev–Trinajstić information content (AvgIpc) is 2.80. The molecular weight excluding hydrogens is 230 g/mol. The zero-order valence-electron chi connectivity index (χ0n) is 9.93. The standard InChI is InChI=1S/C13H15N3O2/c14-12(17)11-8-4-1-2-5-9(8)16-7-3-6-10(16)13(18)15-11/h1-2,4-5,10-11H,3,6-7H2,(H2,14,17)(H,15,18)/t10-,11-/m0/s1. The molecule has 2 amide bonds. The van der Waals surface area contributed by atoms with Crippen molar-refractivity contribution in [3.63, 3.8) is 0 Å². The lowest BCUT2D eigenvalue weighted by Gasteiger charge is -2.24. The highest BCUT2D eigenvalue weighted by Gasteiger charge is 2.38. The largest absolute Gasteiger partial charge is 0.368 e. The Hall–Kier alpha value is -2.04. The Morgan fingerprint density at radius 3 is 2.94 bits per heavy atom. The van der Waals surface area contributed by atoms with E-state index in [0.29, 0.717) is 0 Å². The Kier molecular flexibility index (Phi) is 2.47. The predicted molar refractivity (Wildman–Crippen MR) is 66.9 cm³/mol. The maximum Gasteiger partial charge on any atom is 0.244 e. The first-order valence-corrected chi connectivity index (χ1v) is 6.14. The molecule has 2 aliphatic heterocycles. The first-order chi connectivity index (χ1) is 8.68. The number of carbonyl (C=O) groups excluding carboxylic acids is 2. The number of para-hydroxylation sites is 1. The number of rotatable bonds is 1. The van der Waals surface area contributed by atoms with Gasteiger partial charge in [0.1, 0.15) is 12.1 Å². The van der Waals surface area contributed by atoms with Gasteiger partial charge in [-0.1, -0.05) is 18.2 Å². The van der Waals surface area contributed by atoms with Crippen molar-refractivity contribution in [1.82, 2.24) is 5.32 Å². The van der Waals surface area contributed by atoms with Crippen LogP contribution in [0.1, 0.15) is 24.4 Å². The molecule has 1 fully saturated rings. The number of hydrogen-bond acceptors (Lipinski definition) is 3. The van der Waals surface area contributed by atoms with E-state index in [4.69, 9.17) is 5.73 Å². The van der Waals surface area contributed by atoms with Crippen LogP contribution in [0.2, 0.25) is 0 Å². The number of hydrogen-bond donors (Lipinski definition) is 2. The van der Waals surface area contributed by atoms with Crippen LogP contribution < -0.4 is 16.0 Å². The summed E-state index contributed by atoms with van der Waals surface area (Å²) in [6.45, 7) is 0.848. The Morgan fingerprint density at radius 2 is 2.17 bits per heavy atom. The molecule has 18 heavy (non-hydrogen) atoms. The van der Waals surface area contributed by atoms with Crippen LogP contribution in [0.4, 0.5) is 5.69 Å². The fraction of sp³-hybridized carbons (Fsp3) is 0.385. The molecule has 1 saturated heterocycles. The van der Waals surface area contributed by atoms with E-state index in [1.165, 1.54) is 0 Å². The van der Waals surface area contributed by atoms with Gasteiger partial charge in [0.25, 0.3) is 0 Å². The molecule has 3 N–H and O–H groups in total. The number of fused-ring (bicyclic) bond motifs is 3. The van der Waals surface area contributed by atoms with Crippen molar-refractivity contribution in [3.8, 4) is 0 Å². The van der Waals surface area contributed by atoms with Gasteiger partial charge in [-0.2, -0.15) is 0 Å². The number of benzene rings is 1. The molecule has 2 atom stereocenters. The average molecular weight is 245 g/mol. The normalized spacial score (nSPS) is 26.0. The zero-order valence-corrected chi connectivity index (χ0v) is 9.93. The minimum atomic E-state index is -0.723. The molecule has 2 heterocycles. The Balaban J connectivity index is 2.14. The number of amides is 2.